The van der Waals surface area contributed by atoms with Crippen LogP contribution >= 0.6 is 0 Å². The highest BCUT2D eigenvalue weighted by Gasteiger charge is 2.24. The number of hydrogen-bond acceptors (Lipinski definition) is 6. The Labute approximate surface area is 207 Å². The average Bonchev–Trinajstić information content (AvgIpc) is 3.07. The Morgan fingerprint density at radius 1 is 1.00 bits per heavy atom. The Balaban J connectivity index is 1.27. The third-order valence-electron chi connectivity index (χ3n) is 7.46. The van der Waals surface area contributed by atoms with Crippen LogP contribution in [0.2, 0.25) is 0 Å². The van der Waals surface area contributed by atoms with E-state index in [4.69, 9.17) is 4.98 Å². The van der Waals surface area contributed by atoms with Gasteiger partial charge in [0.05, 0.1) is 11.3 Å². The van der Waals surface area contributed by atoms with E-state index in [1.54, 1.807) is 4.68 Å². The Bertz CT molecular complexity index is 1180. The maximum absolute atomic E-state index is 13.3. The SMILES string of the molecule is Cc1c(CN2CCCC(Nc3nccc(N4CCCCCC4)n3)C2)c(=O)n(-c2ccccc2)n1C. The molecule has 2 aliphatic heterocycles. The maximum Gasteiger partial charge on any atom is 0.276 e. The van der Waals surface area contributed by atoms with E-state index < -0.39 is 0 Å². The summed E-state index contributed by atoms with van der Waals surface area (Å²) in [5, 5.41) is 3.58. The first-order chi connectivity index (χ1) is 17.1. The highest BCUT2D eigenvalue weighted by atomic mass is 16.1. The van der Waals surface area contributed by atoms with Gasteiger partial charge in [-0.15, -0.1) is 0 Å². The Hall–Kier alpha value is -3.13. The van der Waals surface area contributed by atoms with E-state index >= 15 is 0 Å². The lowest BCUT2D eigenvalue weighted by Crippen LogP contribution is -2.42. The van der Waals surface area contributed by atoms with E-state index in [0.717, 1.165) is 61.8 Å². The van der Waals surface area contributed by atoms with Gasteiger partial charge in [0.15, 0.2) is 0 Å². The number of piperidine rings is 1. The fourth-order valence-electron chi connectivity index (χ4n) is 5.42. The van der Waals surface area contributed by atoms with Crippen molar-refractivity contribution in [3.63, 3.8) is 0 Å². The van der Waals surface area contributed by atoms with Crippen LogP contribution < -0.4 is 15.8 Å². The summed E-state index contributed by atoms with van der Waals surface area (Å²) in [6.07, 6.45) is 9.11. The molecule has 0 aliphatic carbocycles. The molecule has 5 rings (SSSR count). The number of nitrogens with one attached hydrogen (secondary N) is 1. The molecule has 0 bridgehead atoms. The van der Waals surface area contributed by atoms with Crippen molar-refractivity contribution >= 4 is 11.8 Å². The minimum absolute atomic E-state index is 0.0692. The fraction of sp³-hybridized carbons (Fsp3) is 0.519. The van der Waals surface area contributed by atoms with Crippen molar-refractivity contribution in [2.75, 3.05) is 36.4 Å². The monoisotopic (exact) mass is 475 g/mol. The molecule has 1 atom stereocenters. The molecule has 186 valence electrons. The summed E-state index contributed by atoms with van der Waals surface area (Å²) < 4.78 is 3.74. The van der Waals surface area contributed by atoms with Gasteiger partial charge in [0.1, 0.15) is 5.82 Å². The van der Waals surface area contributed by atoms with Crippen molar-refractivity contribution < 1.29 is 0 Å². The second-order valence-electron chi connectivity index (χ2n) is 9.90. The van der Waals surface area contributed by atoms with Crippen molar-refractivity contribution in [1.82, 2.24) is 24.2 Å². The predicted octanol–water partition coefficient (Wildman–Crippen LogP) is 3.73. The fourth-order valence-corrected chi connectivity index (χ4v) is 5.42. The van der Waals surface area contributed by atoms with Crippen LogP contribution in [0.1, 0.15) is 49.8 Å². The van der Waals surface area contributed by atoms with Gasteiger partial charge in [0.2, 0.25) is 5.95 Å². The third kappa shape index (κ3) is 5.27. The molecular weight excluding hydrogens is 438 g/mol. The zero-order valence-corrected chi connectivity index (χ0v) is 21.0. The van der Waals surface area contributed by atoms with Crippen LogP contribution in [0, 0.1) is 6.92 Å². The van der Waals surface area contributed by atoms with Gasteiger partial charge in [-0.25, -0.2) is 9.67 Å². The van der Waals surface area contributed by atoms with E-state index in [1.165, 1.54) is 25.7 Å². The van der Waals surface area contributed by atoms with E-state index in [1.807, 2.05) is 61.2 Å². The average molecular weight is 476 g/mol. The summed E-state index contributed by atoms with van der Waals surface area (Å²) in [6, 6.07) is 12.2. The van der Waals surface area contributed by atoms with Gasteiger partial charge in [0, 0.05) is 51.2 Å². The molecule has 2 aromatic heterocycles. The number of aromatic nitrogens is 4. The molecule has 8 nitrogen and oxygen atoms in total. The summed E-state index contributed by atoms with van der Waals surface area (Å²) in [4.78, 5) is 27.5. The van der Waals surface area contributed by atoms with Crippen molar-refractivity contribution in [3.05, 3.63) is 64.2 Å². The summed E-state index contributed by atoms with van der Waals surface area (Å²) in [7, 11) is 1.96. The van der Waals surface area contributed by atoms with Crippen LogP contribution in [0.5, 0.6) is 0 Å². The number of likely N-dealkylation sites (tertiary alicyclic amines) is 1. The molecule has 1 N–H and O–H groups in total. The van der Waals surface area contributed by atoms with Gasteiger partial charge in [-0.2, -0.15) is 4.98 Å². The molecule has 8 heteroatoms. The smallest absolute Gasteiger partial charge is 0.276 e. The van der Waals surface area contributed by atoms with Crippen molar-refractivity contribution in [1.29, 1.82) is 0 Å². The minimum Gasteiger partial charge on any atom is -0.356 e. The number of rotatable bonds is 6. The lowest BCUT2D eigenvalue weighted by molar-refractivity contribution is 0.207. The quantitative estimate of drug-likeness (QED) is 0.586. The molecule has 3 aromatic rings. The highest BCUT2D eigenvalue weighted by molar-refractivity contribution is 5.43. The number of benzene rings is 1. The van der Waals surface area contributed by atoms with Crippen LogP contribution in [0.25, 0.3) is 5.69 Å². The van der Waals surface area contributed by atoms with Gasteiger partial charge in [-0.1, -0.05) is 31.0 Å². The highest BCUT2D eigenvalue weighted by Crippen LogP contribution is 2.21. The van der Waals surface area contributed by atoms with Gasteiger partial charge in [-0.05, 0) is 57.4 Å². The van der Waals surface area contributed by atoms with E-state index in [2.05, 4.69) is 20.1 Å². The van der Waals surface area contributed by atoms with Gasteiger partial charge >= 0.3 is 0 Å². The van der Waals surface area contributed by atoms with Crippen LogP contribution in [0.3, 0.4) is 0 Å². The Morgan fingerprint density at radius 3 is 2.54 bits per heavy atom. The molecule has 0 saturated carbocycles. The molecule has 4 heterocycles. The Kier molecular flexibility index (Phi) is 7.18. The van der Waals surface area contributed by atoms with Crippen LogP contribution in [-0.2, 0) is 13.6 Å². The van der Waals surface area contributed by atoms with Gasteiger partial charge < -0.3 is 10.2 Å². The second-order valence-corrected chi connectivity index (χ2v) is 9.90. The lowest BCUT2D eigenvalue weighted by atomic mass is 10.0. The van der Waals surface area contributed by atoms with E-state index in [-0.39, 0.29) is 11.6 Å². The Morgan fingerprint density at radius 2 is 1.77 bits per heavy atom. The first-order valence-corrected chi connectivity index (χ1v) is 13.0. The zero-order chi connectivity index (χ0) is 24.2. The van der Waals surface area contributed by atoms with Gasteiger partial charge in [-0.3, -0.25) is 14.4 Å². The molecule has 0 radical (unpaired) electrons. The molecule has 0 amide bonds. The zero-order valence-electron chi connectivity index (χ0n) is 21.0. The standard InChI is InChI=1S/C27H37N7O/c1-21-24(26(35)34(31(21)2)23-12-6-5-7-13-23)20-32-16-10-11-22(19-32)29-27-28-15-14-25(30-27)33-17-8-3-4-9-18-33/h5-7,12-15,22H,3-4,8-11,16-20H2,1-2H3,(H,28,29,30). The number of para-hydroxylation sites is 1. The van der Waals surface area contributed by atoms with Gasteiger partial charge in [0.25, 0.3) is 5.56 Å². The number of hydrogen-bond donors (Lipinski definition) is 1. The lowest BCUT2D eigenvalue weighted by Gasteiger charge is -2.33. The summed E-state index contributed by atoms with van der Waals surface area (Å²) >= 11 is 0. The molecule has 2 fully saturated rings. The van der Waals surface area contributed by atoms with Crippen LogP contribution in [0.4, 0.5) is 11.8 Å². The molecular formula is C27H37N7O. The number of anilines is 2. The first kappa shape index (κ1) is 23.6. The number of nitrogens with zero attached hydrogens (tertiary/aromatic N) is 6. The third-order valence-corrected chi connectivity index (χ3v) is 7.46. The maximum atomic E-state index is 13.3. The predicted molar refractivity (Wildman–Crippen MR) is 140 cm³/mol. The summed E-state index contributed by atoms with van der Waals surface area (Å²) in [5.41, 5.74) is 2.85. The topological polar surface area (TPSA) is 71.2 Å². The van der Waals surface area contributed by atoms with Crippen molar-refractivity contribution in [2.24, 2.45) is 7.05 Å². The van der Waals surface area contributed by atoms with E-state index in [9.17, 15) is 4.79 Å². The minimum atomic E-state index is 0.0692. The summed E-state index contributed by atoms with van der Waals surface area (Å²) in [6.45, 7) is 6.71. The largest absolute Gasteiger partial charge is 0.356 e. The molecule has 2 saturated heterocycles. The van der Waals surface area contributed by atoms with Crippen molar-refractivity contribution in [3.8, 4) is 5.69 Å². The van der Waals surface area contributed by atoms with Crippen LogP contribution in [-0.4, -0.2) is 56.5 Å². The molecule has 1 aromatic carbocycles. The molecule has 0 spiro atoms. The second kappa shape index (κ2) is 10.6. The van der Waals surface area contributed by atoms with E-state index in [0.29, 0.717) is 12.5 Å². The first-order valence-electron chi connectivity index (χ1n) is 13.0. The molecule has 35 heavy (non-hydrogen) atoms. The molecule has 1 unspecified atom stereocenters. The van der Waals surface area contributed by atoms with Crippen LogP contribution in [0.15, 0.2) is 47.4 Å². The molecule has 2 aliphatic rings. The summed E-state index contributed by atoms with van der Waals surface area (Å²) in [5.74, 6) is 1.74. The normalized spacial score (nSPS) is 19.5. The van der Waals surface area contributed by atoms with Crippen molar-refractivity contribution in [2.45, 2.75) is 58.0 Å².